The standard InChI is InChI=1S/C18H22N6S.HI/c1-13-11-20-17(25-13)12-21-18(19-3)23-14(2)15-6-4-7-16(10-15)24-9-5-8-22-24;/h4-11,14H,12H2,1-3H3,(H2,19,21,23);1H. The highest BCUT2D eigenvalue weighted by Gasteiger charge is 2.09. The summed E-state index contributed by atoms with van der Waals surface area (Å²) in [6, 6.07) is 10.3. The lowest BCUT2D eigenvalue weighted by atomic mass is 10.1. The van der Waals surface area contributed by atoms with Gasteiger partial charge in [0.15, 0.2) is 5.96 Å². The van der Waals surface area contributed by atoms with Crippen LogP contribution >= 0.6 is 35.3 Å². The zero-order chi connectivity index (χ0) is 17.6. The maximum atomic E-state index is 4.36. The highest BCUT2D eigenvalue weighted by atomic mass is 127. The van der Waals surface area contributed by atoms with E-state index in [0.717, 1.165) is 16.7 Å². The van der Waals surface area contributed by atoms with Crippen LogP contribution in [0.3, 0.4) is 0 Å². The second kappa shape index (κ2) is 9.67. The van der Waals surface area contributed by atoms with Crippen molar-refractivity contribution in [2.24, 2.45) is 4.99 Å². The summed E-state index contributed by atoms with van der Waals surface area (Å²) in [5, 5.41) is 12.1. The quantitative estimate of drug-likeness (QED) is 0.331. The molecule has 6 nitrogen and oxygen atoms in total. The molecular formula is C18H23IN6S. The van der Waals surface area contributed by atoms with Gasteiger partial charge in [-0.2, -0.15) is 5.10 Å². The van der Waals surface area contributed by atoms with E-state index in [2.05, 4.69) is 51.7 Å². The number of rotatable bonds is 5. The molecule has 8 heteroatoms. The Hall–Kier alpha value is -1.94. The van der Waals surface area contributed by atoms with Gasteiger partial charge in [0, 0.05) is 30.5 Å². The molecule has 0 saturated carbocycles. The zero-order valence-electron chi connectivity index (χ0n) is 15.0. The zero-order valence-corrected chi connectivity index (χ0v) is 18.2. The molecule has 0 bridgehead atoms. The lowest BCUT2D eigenvalue weighted by Crippen LogP contribution is -2.38. The normalized spacial score (nSPS) is 12.3. The van der Waals surface area contributed by atoms with Crippen LogP contribution < -0.4 is 10.6 Å². The van der Waals surface area contributed by atoms with Gasteiger partial charge in [-0.3, -0.25) is 4.99 Å². The summed E-state index contributed by atoms with van der Waals surface area (Å²) in [5.41, 5.74) is 2.21. The van der Waals surface area contributed by atoms with Gasteiger partial charge in [0.05, 0.1) is 18.3 Å². The molecule has 0 aliphatic rings. The molecule has 0 saturated heterocycles. The number of nitrogens with one attached hydrogen (secondary N) is 2. The fourth-order valence-corrected chi connectivity index (χ4v) is 3.21. The Morgan fingerprint density at radius 2 is 2.19 bits per heavy atom. The van der Waals surface area contributed by atoms with E-state index >= 15 is 0 Å². The van der Waals surface area contributed by atoms with Crippen LogP contribution in [0.5, 0.6) is 0 Å². The van der Waals surface area contributed by atoms with Gasteiger partial charge in [-0.1, -0.05) is 12.1 Å². The summed E-state index contributed by atoms with van der Waals surface area (Å²) in [5.74, 6) is 0.754. The van der Waals surface area contributed by atoms with Gasteiger partial charge in [0.25, 0.3) is 0 Å². The molecule has 0 aliphatic carbocycles. The van der Waals surface area contributed by atoms with E-state index < -0.39 is 0 Å². The maximum absolute atomic E-state index is 4.36. The molecule has 0 spiro atoms. The number of thiazole rings is 1. The molecule has 2 heterocycles. The van der Waals surface area contributed by atoms with Crippen LogP contribution in [-0.2, 0) is 6.54 Å². The summed E-state index contributed by atoms with van der Waals surface area (Å²) >= 11 is 1.69. The lowest BCUT2D eigenvalue weighted by Gasteiger charge is -2.18. The predicted octanol–water partition coefficient (Wildman–Crippen LogP) is 3.68. The van der Waals surface area contributed by atoms with Crippen LogP contribution in [0, 0.1) is 6.92 Å². The Bertz CT molecular complexity index is 843. The van der Waals surface area contributed by atoms with Gasteiger partial charge in [0.2, 0.25) is 0 Å². The molecular weight excluding hydrogens is 459 g/mol. The number of benzene rings is 1. The molecule has 1 atom stereocenters. The Kier molecular flexibility index (Phi) is 7.58. The molecule has 3 aromatic rings. The van der Waals surface area contributed by atoms with E-state index in [0.29, 0.717) is 6.54 Å². The summed E-state index contributed by atoms with van der Waals surface area (Å²) in [7, 11) is 1.77. The number of nitrogens with zero attached hydrogens (tertiary/aromatic N) is 4. The van der Waals surface area contributed by atoms with Crippen LogP contribution in [0.25, 0.3) is 5.69 Å². The Morgan fingerprint density at radius 3 is 2.85 bits per heavy atom. The molecule has 1 unspecified atom stereocenters. The first kappa shape index (κ1) is 20.4. The highest BCUT2D eigenvalue weighted by molar-refractivity contribution is 14.0. The molecule has 2 aromatic heterocycles. The van der Waals surface area contributed by atoms with Gasteiger partial charge < -0.3 is 10.6 Å². The average molecular weight is 482 g/mol. The highest BCUT2D eigenvalue weighted by Crippen LogP contribution is 2.16. The van der Waals surface area contributed by atoms with Crippen molar-refractivity contribution in [1.82, 2.24) is 25.4 Å². The predicted molar refractivity (Wildman–Crippen MR) is 118 cm³/mol. The van der Waals surface area contributed by atoms with Crippen molar-refractivity contribution in [3.8, 4) is 5.69 Å². The second-order valence-corrected chi connectivity index (χ2v) is 7.02. The minimum atomic E-state index is 0. The molecule has 0 radical (unpaired) electrons. The minimum Gasteiger partial charge on any atom is -0.350 e. The third kappa shape index (κ3) is 5.28. The molecule has 0 amide bonds. The van der Waals surface area contributed by atoms with Crippen molar-refractivity contribution in [2.45, 2.75) is 26.4 Å². The number of guanidine groups is 1. The first-order valence-electron chi connectivity index (χ1n) is 8.14. The summed E-state index contributed by atoms with van der Waals surface area (Å²) in [4.78, 5) is 9.88. The molecule has 0 fully saturated rings. The lowest BCUT2D eigenvalue weighted by molar-refractivity contribution is 0.683. The van der Waals surface area contributed by atoms with Crippen LogP contribution in [-0.4, -0.2) is 27.8 Å². The first-order valence-corrected chi connectivity index (χ1v) is 8.96. The number of halogens is 1. The topological polar surface area (TPSA) is 67.1 Å². The number of aryl methyl sites for hydroxylation is 1. The Morgan fingerprint density at radius 1 is 1.35 bits per heavy atom. The van der Waals surface area contributed by atoms with Crippen molar-refractivity contribution >= 4 is 41.3 Å². The van der Waals surface area contributed by atoms with E-state index in [-0.39, 0.29) is 30.0 Å². The number of hydrogen-bond donors (Lipinski definition) is 2. The summed E-state index contributed by atoms with van der Waals surface area (Å²) in [6.07, 6.45) is 5.61. The van der Waals surface area contributed by atoms with E-state index in [9.17, 15) is 0 Å². The number of aliphatic imine (C=N–C) groups is 1. The van der Waals surface area contributed by atoms with Gasteiger partial charge in [-0.15, -0.1) is 35.3 Å². The fourth-order valence-electron chi connectivity index (χ4n) is 2.48. The molecule has 26 heavy (non-hydrogen) atoms. The van der Waals surface area contributed by atoms with Gasteiger partial charge in [-0.05, 0) is 37.6 Å². The van der Waals surface area contributed by atoms with Crippen molar-refractivity contribution < 1.29 is 0 Å². The van der Waals surface area contributed by atoms with E-state index in [1.165, 1.54) is 10.4 Å². The summed E-state index contributed by atoms with van der Waals surface area (Å²) in [6.45, 7) is 4.84. The third-order valence-corrected chi connectivity index (χ3v) is 4.70. The van der Waals surface area contributed by atoms with Crippen LogP contribution in [0.15, 0.2) is 53.9 Å². The molecule has 1 aromatic carbocycles. The van der Waals surface area contributed by atoms with Crippen LogP contribution in [0.1, 0.15) is 28.4 Å². The fraction of sp³-hybridized carbons (Fsp3) is 0.278. The molecule has 0 aliphatic heterocycles. The maximum Gasteiger partial charge on any atom is 0.191 e. The van der Waals surface area contributed by atoms with Gasteiger partial charge >= 0.3 is 0 Å². The van der Waals surface area contributed by atoms with Crippen molar-refractivity contribution in [2.75, 3.05) is 7.05 Å². The van der Waals surface area contributed by atoms with Crippen LogP contribution in [0.4, 0.5) is 0 Å². The third-order valence-electron chi connectivity index (χ3n) is 3.79. The van der Waals surface area contributed by atoms with E-state index in [4.69, 9.17) is 0 Å². The number of hydrogen-bond acceptors (Lipinski definition) is 4. The minimum absolute atomic E-state index is 0. The van der Waals surface area contributed by atoms with Gasteiger partial charge in [0.1, 0.15) is 5.01 Å². The first-order chi connectivity index (χ1) is 12.2. The summed E-state index contributed by atoms with van der Waals surface area (Å²) < 4.78 is 1.86. The second-order valence-electron chi connectivity index (χ2n) is 5.70. The smallest absolute Gasteiger partial charge is 0.191 e. The molecule has 138 valence electrons. The molecule has 3 rings (SSSR count). The average Bonchev–Trinajstić information content (AvgIpc) is 3.30. The Labute approximate surface area is 174 Å². The van der Waals surface area contributed by atoms with E-state index in [1.54, 1.807) is 24.6 Å². The number of aromatic nitrogens is 3. The molecule has 2 N–H and O–H groups in total. The SMILES string of the molecule is CN=C(NCc1ncc(C)s1)NC(C)c1cccc(-n2cccn2)c1.I. The van der Waals surface area contributed by atoms with Crippen molar-refractivity contribution in [1.29, 1.82) is 0 Å². The Balaban J connectivity index is 0.00000243. The van der Waals surface area contributed by atoms with Crippen molar-refractivity contribution in [3.63, 3.8) is 0 Å². The van der Waals surface area contributed by atoms with Crippen LogP contribution in [0.2, 0.25) is 0 Å². The van der Waals surface area contributed by atoms with E-state index in [1.807, 2.05) is 35.3 Å². The van der Waals surface area contributed by atoms with Gasteiger partial charge in [-0.25, -0.2) is 9.67 Å². The monoisotopic (exact) mass is 482 g/mol. The van der Waals surface area contributed by atoms with Crippen molar-refractivity contribution in [3.05, 3.63) is 64.4 Å². The largest absolute Gasteiger partial charge is 0.350 e.